The molecule has 0 atom stereocenters. The SMILES string of the molecule is Clc1cccc(-n2ncc3c(N=NCc4cccc(-n5ccnc5)c4)ncnc32)c1. The molecule has 0 fully saturated rings. The fourth-order valence-electron chi connectivity index (χ4n) is 3.12. The van der Waals surface area contributed by atoms with Crippen LogP contribution in [0.5, 0.6) is 0 Å². The Morgan fingerprint density at radius 1 is 1.00 bits per heavy atom. The van der Waals surface area contributed by atoms with Gasteiger partial charge in [0.2, 0.25) is 0 Å². The van der Waals surface area contributed by atoms with Crippen molar-refractivity contribution in [1.82, 2.24) is 29.3 Å². The van der Waals surface area contributed by atoms with Crippen LogP contribution in [0.3, 0.4) is 0 Å². The first-order chi connectivity index (χ1) is 14.8. The van der Waals surface area contributed by atoms with Crippen molar-refractivity contribution in [3.63, 3.8) is 0 Å². The lowest BCUT2D eigenvalue weighted by molar-refractivity contribution is 0.894. The third-order valence-corrected chi connectivity index (χ3v) is 4.76. The van der Waals surface area contributed by atoms with Crippen LogP contribution < -0.4 is 0 Å². The summed E-state index contributed by atoms with van der Waals surface area (Å²) in [4.78, 5) is 12.7. The Morgan fingerprint density at radius 2 is 1.90 bits per heavy atom. The highest BCUT2D eigenvalue weighted by atomic mass is 35.5. The Balaban J connectivity index is 1.41. The second-order valence-electron chi connectivity index (χ2n) is 6.51. The number of halogens is 1. The largest absolute Gasteiger partial charge is 0.306 e. The van der Waals surface area contributed by atoms with E-state index in [2.05, 4.69) is 30.3 Å². The van der Waals surface area contributed by atoms with E-state index in [9.17, 15) is 0 Å². The molecule has 146 valence electrons. The highest BCUT2D eigenvalue weighted by Gasteiger charge is 2.11. The molecule has 0 N–H and O–H groups in total. The molecule has 3 aromatic heterocycles. The summed E-state index contributed by atoms with van der Waals surface area (Å²) in [6.07, 6.45) is 8.55. The third-order valence-electron chi connectivity index (χ3n) is 4.53. The molecule has 0 bridgehead atoms. The average Bonchev–Trinajstić information content (AvgIpc) is 3.45. The van der Waals surface area contributed by atoms with Crippen LogP contribution in [0.4, 0.5) is 5.82 Å². The molecule has 0 amide bonds. The van der Waals surface area contributed by atoms with E-state index in [1.54, 1.807) is 23.4 Å². The molecule has 30 heavy (non-hydrogen) atoms. The topological polar surface area (TPSA) is 86.1 Å². The van der Waals surface area contributed by atoms with Crippen molar-refractivity contribution in [3.8, 4) is 11.4 Å². The van der Waals surface area contributed by atoms with Gasteiger partial charge in [-0.25, -0.2) is 19.6 Å². The molecule has 8 nitrogen and oxygen atoms in total. The molecule has 0 aliphatic carbocycles. The molecule has 3 heterocycles. The number of hydrogen-bond donors (Lipinski definition) is 0. The smallest absolute Gasteiger partial charge is 0.188 e. The quantitative estimate of drug-likeness (QED) is 0.381. The molecule has 0 saturated carbocycles. The fraction of sp³-hybridized carbons (Fsp3) is 0.0476. The highest BCUT2D eigenvalue weighted by molar-refractivity contribution is 6.30. The van der Waals surface area contributed by atoms with Gasteiger partial charge in [0.25, 0.3) is 0 Å². The van der Waals surface area contributed by atoms with Crippen LogP contribution in [0, 0.1) is 0 Å². The van der Waals surface area contributed by atoms with Crippen LogP contribution in [0.2, 0.25) is 5.02 Å². The van der Waals surface area contributed by atoms with E-state index in [1.165, 1.54) is 6.33 Å². The van der Waals surface area contributed by atoms with Gasteiger partial charge >= 0.3 is 0 Å². The van der Waals surface area contributed by atoms with Gasteiger partial charge in [-0.05, 0) is 35.9 Å². The first-order valence-electron chi connectivity index (χ1n) is 9.17. The van der Waals surface area contributed by atoms with Gasteiger partial charge in [0.1, 0.15) is 6.33 Å². The minimum Gasteiger partial charge on any atom is -0.306 e. The van der Waals surface area contributed by atoms with Crippen LogP contribution in [0.15, 0.2) is 90.0 Å². The molecular formula is C21H15ClN8. The Morgan fingerprint density at radius 3 is 2.77 bits per heavy atom. The molecule has 0 aliphatic heterocycles. The zero-order valence-electron chi connectivity index (χ0n) is 15.7. The van der Waals surface area contributed by atoms with Gasteiger partial charge in [0.15, 0.2) is 11.5 Å². The number of azo groups is 1. The number of fused-ring (bicyclic) bond motifs is 1. The number of rotatable bonds is 5. The first kappa shape index (κ1) is 18.1. The van der Waals surface area contributed by atoms with Gasteiger partial charge in [-0.15, -0.1) is 5.11 Å². The summed E-state index contributed by atoms with van der Waals surface area (Å²) in [5.41, 5.74) is 3.51. The third kappa shape index (κ3) is 3.56. The van der Waals surface area contributed by atoms with E-state index >= 15 is 0 Å². The maximum atomic E-state index is 6.10. The van der Waals surface area contributed by atoms with E-state index in [-0.39, 0.29) is 0 Å². The molecule has 2 aromatic carbocycles. The molecule has 0 aliphatic rings. The summed E-state index contributed by atoms with van der Waals surface area (Å²) in [6, 6.07) is 15.5. The van der Waals surface area contributed by atoms with Crippen molar-refractivity contribution < 1.29 is 0 Å². The molecule has 9 heteroatoms. The van der Waals surface area contributed by atoms with Crippen molar-refractivity contribution in [2.24, 2.45) is 10.2 Å². The second kappa shape index (κ2) is 7.84. The molecule has 5 aromatic rings. The van der Waals surface area contributed by atoms with E-state index in [4.69, 9.17) is 11.6 Å². The van der Waals surface area contributed by atoms with Gasteiger partial charge in [0.05, 0.1) is 30.1 Å². The Hall–Kier alpha value is -3.91. The van der Waals surface area contributed by atoms with Crippen LogP contribution in [0.1, 0.15) is 5.56 Å². The lowest BCUT2D eigenvalue weighted by atomic mass is 10.2. The van der Waals surface area contributed by atoms with Gasteiger partial charge in [-0.1, -0.05) is 29.8 Å². The van der Waals surface area contributed by atoms with Gasteiger partial charge in [-0.3, -0.25) is 0 Å². The summed E-state index contributed by atoms with van der Waals surface area (Å²) < 4.78 is 3.65. The fourth-order valence-corrected chi connectivity index (χ4v) is 3.30. The van der Waals surface area contributed by atoms with E-state index in [0.717, 1.165) is 16.9 Å². The summed E-state index contributed by atoms with van der Waals surface area (Å²) in [6.45, 7) is 0.427. The predicted molar refractivity (Wildman–Crippen MR) is 113 cm³/mol. The second-order valence-corrected chi connectivity index (χ2v) is 6.95. The maximum absolute atomic E-state index is 6.10. The van der Waals surface area contributed by atoms with Crippen molar-refractivity contribution in [1.29, 1.82) is 0 Å². The molecule has 0 spiro atoms. The summed E-state index contributed by atoms with van der Waals surface area (Å²) in [5, 5.41) is 14.4. The van der Waals surface area contributed by atoms with E-state index in [0.29, 0.717) is 28.4 Å². The number of hydrogen-bond acceptors (Lipinski definition) is 6. The summed E-state index contributed by atoms with van der Waals surface area (Å²) in [5.74, 6) is 0.471. The molecule has 5 rings (SSSR count). The normalized spacial score (nSPS) is 11.5. The number of imidazole rings is 1. The van der Waals surface area contributed by atoms with E-state index in [1.807, 2.05) is 59.3 Å². The lowest BCUT2D eigenvalue weighted by Crippen LogP contribution is -1.97. The Kier molecular flexibility index (Phi) is 4.74. The van der Waals surface area contributed by atoms with E-state index < -0.39 is 0 Å². The van der Waals surface area contributed by atoms with Crippen molar-refractivity contribution in [3.05, 3.63) is 90.4 Å². The zero-order valence-corrected chi connectivity index (χ0v) is 16.4. The number of aromatic nitrogens is 6. The lowest BCUT2D eigenvalue weighted by Gasteiger charge is -2.04. The van der Waals surface area contributed by atoms with Crippen LogP contribution in [0.25, 0.3) is 22.4 Å². The number of nitrogens with zero attached hydrogens (tertiary/aromatic N) is 8. The molecule has 0 saturated heterocycles. The number of benzene rings is 2. The molecular weight excluding hydrogens is 400 g/mol. The van der Waals surface area contributed by atoms with Crippen LogP contribution >= 0.6 is 11.6 Å². The predicted octanol–water partition coefficient (Wildman–Crippen LogP) is 4.94. The summed E-state index contributed by atoms with van der Waals surface area (Å²) in [7, 11) is 0. The summed E-state index contributed by atoms with van der Waals surface area (Å²) >= 11 is 6.10. The van der Waals surface area contributed by atoms with Gasteiger partial charge < -0.3 is 4.57 Å². The highest BCUT2D eigenvalue weighted by Crippen LogP contribution is 2.25. The van der Waals surface area contributed by atoms with Crippen LogP contribution in [-0.2, 0) is 6.54 Å². The van der Waals surface area contributed by atoms with Crippen molar-refractivity contribution >= 4 is 28.5 Å². The Bertz CT molecular complexity index is 1340. The minimum absolute atomic E-state index is 0.427. The van der Waals surface area contributed by atoms with Gasteiger partial charge in [0, 0.05) is 23.1 Å². The average molecular weight is 415 g/mol. The minimum atomic E-state index is 0.427. The van der Waals surface area contributed by atoms with Gasteiger partial charge in [-0.2, -0.15) is 10.2 Å². The Labute approximate surface area is 176 Å². The van der Waals surface area contributed by atoms with Crippen molar-refractivity contribution in [2.45, 2.75) is 6.54 Å². The monoisotopic (exact) mass is 414 g/mol. The molecule has 0 radical (unpaired) electrons. The van der Waals surface area contributed by atoms with Crippen molar-refractivity contribution in [2.75, 3.05) is 0 Å². The zero-order chi connectivity index (χ0) is 20.3. The van der Waals surface area contributed by atoms with Crippen LogP contribution in [-0.4, -0.2) is 29.3 Å². The maximum Gasteiger partial charge on any atom is 0.188 e. The molecule has 0 unspecified atom stereocenters. The first-order valence-corrected chi connectivity index (χ1v) is 9.55. The standard InChI is InChI=1S/C21H15ClN8/c22-16-4-2-6-18(10-16)30-21-19(12-27-30)20(24-13-25-21)28-26-11-15-3-1-5-17(9-15)29-8-7-23-14-29/h1-10,12-14H,11H2.